The Morgan fingerprint density at radius 3 is 2.44 bits per heavy atom. The van der Waals surface area contributed by atoms with Gasteiger partial charge in [-0.05, 0) is 0 Å². The lowest BCUT2D eigenvalue weighted by Crippen LogP contribution is -2.32. The standard InChI is InChI=1S/C2H9N3O4/c1-6-4-9-5(7-2)8-3/h4H,3H2,1-2H3. The first-order valence-corrected chi connectivity index (χ1v) is 2.01. The Bertz CT molecular complexity index is 57.8. The maximum Gasteiger partial charge on any atom is 0.114 e. The Balaban J connectivity index is 3.09. The molecule has 56 valence electrons. The van der Waals surface area contributed by atoms with E-state index >= 15 is 0 Å². The van der Waals surface area contributed by atoms with Gasteiger partial charge >= 0.3 is 0 Å². The SMILES string of the molecule is CONON(OC)ON. The van der Waals surface area contributed by atoms with Gasteiger partial charge in [0.15, 0.2) is 0 Å². The highest BCUT2D eigenvalue weighted by atomic mass is 17.3. The minimum Gasteiger partial charge on any atom is -0.278 e. The molecule has 3 N–H and O–H groups in total. The molecule has 0 amide bonds. The van der Waals surface area contributed by atoms with Gasteiger partial charge in [0.2, 0.25) is 0 Å². The highest BCUT2D eigenvalue weighted by Crippen LogP contribution is 1.82. The molecule has 0 spiro atoms. The zero-order valence-corrected chi connectivity index (χ0v) is 5.16. The summed E-state index contributed by atoms with van der Waals surface area (Å²) in [6, 6.07) is 0. The van der Waals surface area contributed by atoms with E-state index in [-0.39, 0.29) is 0 Å². The Morgan fingerprint density at radius 2 is 2.11 bits per heavy atom. The number of nitrogens with one attached hydrogen (secondary N) is 1. The van der Waals surface area contributed by atoms with Crippen molar-refractivity contribution in [1.82, 2.24) is 11.0 Å². The largest absolute Gasteiger partial charge is 0.278 e. The topological polar surface area (TPSA) is 78.2 Å². The van der Waals surface area contributed by atoms with Gasteiger partial charge in [-0.25, -0.2) is 0 Å². The molecule has 0 saturated heterocycles. The highest BCUT2D eigenvalue weighted by Gasteiger charge is 1.99. The van der Waals surface area contributed by atoms with Crippen LogP contribution in [0.4, 0.5) is 0 Å². The molecule has 0 fully saturated rings. The van der Waals surface area contributed by atoms with Crippen molar-refractivity contribution < 1.29 is 19.6 Å². The molecule has 0 aliphatic rings. The zero-order valence-electron chi connectivity index (χ0n) is 5.16. The van der Waals surface area contributed by atoms with Gasteiger partial charge < -0.3 is 0 Å². The van der Waals surface area contributed by atoms with Gasteiger partial charge in [-0.15, -0.1) is 4.94 Å². The van der Waals surface area contributed by atoms with Gasteiger partial charge in [0, 0.05) is 0 Å². The summed E-state index contributed by atoms with van der Waals surface area (Å²) in [5.74, 6) is 4.60. The number of hydrogen-bond acceptors (Lipinski definition) is 7. The first kappa shape index (κ1) is 8.72. The van der Waals surface area contributed by atoms with E-state index in [1.807, 2.05) is 5.64 Å². The minimum absolute atomic E-state index is 0.503. The summed E-state index contributed by atoms with van der Waals surface area (Å²) in [4.78, 5) is 16.8. The van der Waals surface area contributed by atoms with E-state index in [0.717, 1.165) is 0 Å². The number of nitrogens with zero attached hydrogens (tertiary/aromatic N) is 1. The summed E-state index contributed by atoms with van der Waals surface area (Å²) in [5.41, 5.74) is 1.95. The lowest BCUT2D eigenvalue weighted by Gasteiger charge is -2.11. The molecule has 7 heteroatoms. The van der Waals surface area contributed by atoms with Gasteiger partial charge in [-0.2, -0.15) is 10.8 Å². The summed E-state index contributed by atoms with van der Waals surface area (Å²) < 4.78 is 0. The van der Waals surface area contributed by atoms with Crippen molar-refractivity contribution in [2.75, 3.05) is 14.2 Å². The Kier molecular flexibility index (Phi) is 5.67. The lowest BCUT2D eigenvalue weighted by molar-refractivity contribution is -0.558. The van der Waals surface area contributed by atoms with E-state index in [1.165, 1.54) is 14.2 Å². The molecular formula is C2H9N3O4. The predicted molar refractivity (Wildman–Crippen MR) is 25.4 cm³/mol. The van der Waals surface area contributed by atoms with Crippen LogP contribution in [0.25, 0.3) is 0 Å². The molecule has 0 aromatic rings. The van der Waals surface area contributed by atoms with Gasteiger partial charge in [-0.1, -0.05) is 5.64 Å². The molecule has 0 heterocycles. The molecule has 0 bridgehead atoms. The smallest absolute Gasteiger partial charge is 0.114 e. The van der Waals surface area contributed by atoms with E-state index in [0.29, 0.717) is 5.39 Å². The molecule has 9 heavy (non-hydrogen) atoms. The Hall–Kier alpha value is -0.280. The van der Waals surface area contributed by atoms with E-state index in [1.54, 1.807) is 0 Å². The maximum atomic E-state index is 4.60. The van der Waals surface area contributed by atoms with E-state index in [4.69, 9.17) is 0 Å². The number of rotatable bonds is 5. The Morgan fingerprint density at radius 1 is 1.44 bits per heavy atom. The van der Waals surface area contributed by atoms with Crippen molar-refractivity contribution in [1.29, 1.82) is 0 Å². The van der Waals surface area contributed by atoms with Crippen LogP contribution in [0.1, 0.15) is 0 Å². The molecule has 7 nitrogen and oxygen atoms in total. The third-order valence-electron chi connectivity index (χ3n) is 0.430. The van der Waals surface area contributed by atoms with Crippen LogP contribution >= 0.6 is 0 Å². The van der Waals surface area contributed by atoms with Crippen LogP contribution in [0.15, 0.2) is 0 Å². The molecule has 0 aliphatic carbocycles. The van der Waals surface area contributed by atoms with Crippen molar-refractivity contribution in [3.05, 3.63) is 0 Å². The second-order valence-electron chi connectivity index (χ2n) is 0.890. The van der Waals surface area contributed by atoms with Crippen LogP contribution in [-0.2, 0) is 19.6 Å². The first-order valence-electron chi connectivity index (χ1n) is 2.01. The second-order valence-corrected chi connectivity index (χ2v) is 0.890. The fourth-order valence-corrected chi connectivity index (χ4v) is 0.170. The monoisotopic (exact) mass is 139 g/mol. The van der Waals surface area contributed by atoms with Crippen molar-refractivity contribution >= 4 is 0 Å². The molecule has 0 aromatic heterocycles. The zero-order chi connectivity index (χ0) is 7.11. The lowest BCUT2D eigenvalue weighted by atomic mass is 11.7. The van der Waals surface area contributed by atoms with Crippen LogP contribution in [0.5, 0.6) is 0 Å². The average molecular weight is 139 g/mol. The average Bonchev–Trinajstić information content (AvgIpc) is 1.91. The second kappa shape index (κ2) is 5.85. The van der Waals surface area contributed by atoms with Gasteiger partial charge in [0.05, 0.1) is 14.2 Å². The van der Waals surface area contributed by atoms with Crippen molar-refractivity contribution in [3.8, 4) is 0 Å². The molecule has 0 aliphatic heterocycles. The van der Waals surface area contributed by atoms with Crippen LogP contribution < -0.4 is 11.5 Å². The predicted octanol–water partition coefficient (Wildman–Crippen LogP) is -1.35. The molecule has 0 saturated carbocycles. The summed E-state index contributed by atoms with van der Waals surface area (Å²) in [7, 11) is 2.65. The summed E-state index contributed by atoms with van der Waals surface area (Å²) >= 11 is 0. The fraction of sp³-hybridized carbons (Fsp3) is 1.00. The van der Waals surface area contributed by atoms with Crippen LogP contribution in [0, 0.1) is 0 Å². The molecule has 0 atom stereocenters. The normalized spacial score (nSPS) is 10.7. The number of hydrogen-bond donors (Lipinski definition) is 2. The summed E-state index contributed by atoms with van der Waals surface area (Å²) in [5, 5.41) is 0.503. The van der Waals surface area contributed by atoms with Crippen molar-refractivity contribution in [2.45, 2.75) is 0 Å². The van der Waals surface area contributed by atoms with Crippen LogP contribution in [-0.4, -0.2) is 19.6 Å². The van der Waals surface area contributed by atoms with Crippen LogP contribution in [0.3, 0.4) is 0 Å². The van der Waals surface area contributed by atoms with Gasteiger partial charge in [0.25, 0.3) is 0 Å². The Labute approximate surface area is 51.9 Å². The summed E-state index contributed by atoms with van der Waals surface area (Å²) in [6.07, 6.45) is 0. The molecule has 0 radical (unpaired) electrons. The molecule has 0 aromatic carbocycles. The minimum atomic E-state index is 0.503. The van der Waals surface area contributed by atoms with Gasteiger partial charge in [-0.3, -0.25) is 9.68 Å². The van der Waals surface area contributed by atoms with E-state index < -0.39 is 0 Å². The number of nitrogens with two attached hydrogens (primary N) is 1. The molecule has 0 unspecified atom stereocenters. The van der Waals surface area contributed by atoms with E-state index in [2.05, 4.69) is 25.4 Å². The summed E-state index contributed by atoms with van der Waals surface area (Å²) in [6.45, 7) is 0. The molecular weight excluding hydrogens is 130 g/mol. The van der Waals surface area contributed by atoms with Crippen LogP contribution in [0.2, 0.25) is 0 Å². The van der Waals surface area contributed by atoms with Crippen molar-refractivity contribution in [2.24, 2.45) is 5.90 Å². The quantitative estimate of drug-likeness (QED) is 0.456. The molecule has 0 rings (SSSR count). The third kappa shape index (κ3) is 4.24. The third-order valence-corrected chi connectivity index (χ3v) is 0.430. The fourth-order valence-electron chi connectivity index (χ4n) is 0.170. The van der Waals surface area contributed by atoms with E-state index in [9.17, 15) is 0 Å². The maximum absolute atomic E-state index is 4.60. The van der Waals surface area contributed by atoms with Crippen molar-refractivity contribution in [3.63, 3.8) is 0 Å². The van der Waals surface area contributed by atoms with Gasteiger partial charge in [0.1, 0.15) is 5.39 Å². The first-order chi connectivity index (χ1) is 4.35. The highest BCUT2D eigenvalue weighted by molar-refractivity contribution is 3.70.